The third-order valence-corrected chi connectivity index (χ3v) is 4.53. The molecule has 130 valence electrons. The highest BCUT2D eigenvalue weighted by atomic mass is 35.5. The van der Waals surface area contributed by atoms with Gasteiger partial charge in [-0.1, -0.05) is 42.5 Å². The minimum Gasteiger partial charge on any atom is -0.494 e. The fourth-order valence-corrected chi connectivity index (χ4v) is 3.29. The third kappa shape index (κ3) is 3.41. The molecule has 0 unspecified atom stereocenters. The number of fused-ring (bicyclic) bond motifs is 1. The standard InChI is InChI=1S/C20H21N3O.ClH/c1-24-19-9-5-8-16-18(23-12-10-21-11-13-23)14-17(22-20(16)19)15-6-3-2-4-7-15;/h2-9,14,21H,10-13H2,1H3;1H. The van der Waals surface area contributed by atoms with E-state index in [9.17, 15) is 0 Å². The zero-order valence-corrected chi connectivity index (χ0v) is 15.1. The molecule has 0 aliphatic carbocycles. The molecule has 0 saturated carbocycles. The Balaban J connectivity index is 0.00000182. The molecule has 4 nitrogen and oxygen atoms in total. The molecule has 25 heavy (non-hydrogen) atoms. The summed E-state index contributed by atoms with van der Waals surface area (Å²) in [7, 11) is 1.70. The maximum Gasteiger partial charge on any atom is 0.145 e. The summed E-state index contributed by atoms with van der Waals surface area (Å²) in [6.45, 7) is 4.03. The van der Waals surface area contributed by atoms with Crippen LogP contribution in [0.5, 0.6) is 5.75 Å². The molecule has 1 aliphatic heterocycles. The van der Waals surface area contributed by atoms with Crippen molar-refractivity contribution in [3.63, 3.8) is 0 Å². The number of pyridine rings is 1. The van der Waals surface area contributed by atoms with Gasteiger partial charge in [-0.2, -0.15) is 0 Å². The van der Waals surface area contributed by atoms with Gasteiger partial charge in [-0.25, -0.2) is 4.98 Å². The Morgan fingerprint density at radius 1 is 1.00 bits per heavy atom. The Hall–Kier alpha value is -2.30. The zero-order valence-electron chi connectivity index (χ0n) is 14.2. The molecule has 0 spiro atoms. The van der Waals surface area contributed by atoms with E-state index in [4.69, 9.17) is 9.72 Å². The SMILES string of the molecule is COc1cccc2c(N3CCNCC3)cc(-c3ccccc3)nc12.Cl. The molecule has 0 atom stereocenters. The molecular weight excluding hydrogens is 334 g/mol. The Kier molecular flexibility index (Phi) is 5.41. The minimum absolute atomic E-state index is 0. The van der Waals surface area contributed by atoms with Gasteiger partial charge in [-0.15, -0.1) is 12.4 Å². The van der Waals surface area contributed by atoms with Crippen molar-refractivity contribution in [2.45, 2.75) is 0 Å². The monoisotopic (exact) mass is 355 g/mol. The molecule has 1 fully saturated rings. The molecule has 4 rings (SSSR count). The Labute approximate surface area is 154 Å². The summed E-state index contributed by atoms with van der Waals surface area (Å²) in [6.07, 6.45) is 0. The number of methoxy groups -OCH3 is 1. The van der Waals surface area contributed by atoms with E-state index in [1.54, 1.807) is 7.11 Å². The third-order valence-electron chi connectivity index (χ3n) is 4.53. The minimum atomic E-state index is 0. The van der Waals surface area contributed by atoms with Crippen molar-refractivity contribution in [2.24, 2.45) is 0 Å². The lowest BCUT2D eigenvalue weighted by molar-refractivity contribution is 0.419. The van der Waals surface area contributed by atoms with E-state index in [1.165, 1.54) is 5.69 Å². The van der Waals surface area contributed by atoms with Gasteiger partial charge < -0.3 is 15.0 Å². The summed E-state index contributed by atoms with van der Waals surface area (Å²) >= 11 is 0. The average Bonchev–Trinajstić information content (AvgIpc) is 2.68. The normalized spacial score (nSPS) is 14.2. The number of para-hydroxylation sites is 1. The van der Waals surface area contributed by atoms with Crippen LogP contribution in [0.25, 0.3) is 22.2 Å². The lowest BCUT2D eigenvalue weighted by atomic mass is 10.1. The van der Waals surface area contributed by atoms with Crippen LogP contribution >= 0.6 is 12.4 Å². The molecule has 5 heteroatoms. The number of nitrogens with one attached hydrogen (secondary N) is 1. The molecule has 0 amide bonds. The summed E-state index contributed by atoms with van der Waals surface area (Å²) in [5.41, 5.74) is 4.27. The quantitative estimate of drug-likeness (QED) is 0.776. The van der Waals surface area contributed by atoms with Crippen LogP contribution in [-0.2, 0) is 0 Å². The number of halogens is 1. The largest absolute Gasteiger partial charge is 0.494 e. The smallest absolute Gasteiger partial charge is 0.145 e. The highest BCUT2D eigenvalue weighted by Crippen LogP contribution is 2.35. The van der Waals surface area contributed by atoms with Crippen LogP contribution in [-0.4, -0.2) is 38.3 Å². The summed E-state index contributed by atoms with van der Waals surface area (Å²) in [5, 5.41) is 4.57. The van der Waals surface area contributed by atoms with Gasteiger partial charge in [0.2, 0.25) is 0 Å². The first kappa shape index (κ1) is 17.5. The van der Waals surface area contributed by atoms with Crippen molar-refractivity contribution in [3.05, 3.63) is 54.6 Å². The number of hydrogen-bond donors (Lipinski definition) is 1. The van der Waals surface area contributed by atoms with E-state index in [2.05, 4.69) is 34.5 Å². The Bertz CT molecular complexity index is 848. The van der Waals surface area contributed by atoms with Gasteiger partial charge in [-0.05, 0) is 12.1 Å². The molecule has 2 heterocycles. The van der Waals surface area contributed by atoms with Crippen LogP contribution in [0.2, 0.25) is 0 Å². The van der Waals surface area contributed by atoms with Gasteiger partial charge in [0, 0.05) is 42.8 Å². The second-order valence-electron chi connectivity index (χ2n) is 5.99. The first-order valence-electron chi connectivity index (χ1n) is 8.35. The van der Waals surface area contributed by atoms with Crippen LogP contribution < -0.4 is 15.0 Å². The lowest BCUT2D eigenvalue weighted by Crippen LogP contribution is -2.43. The van der Waals surface area contributed by atoms with E-state index in [-0.39, 0.29) is 12.4 Å². The van der Waals surface area contributed by atoms with Crippen LogP contribution in [0.15, 0.2) is 54.6 Å². The molecule has 0 radical (unpaired) electrons. The van der Waals surface area contributed by atoms with Crippen molar-refractivity contribution in [3.8, 4) is 17.0 Å². The maximum absolute atomic E-state index is 5.57. The summed E-state index contributed by atoms with van der Waals surface area (Å²) < 4.78 is 5.57. The number of hydrogen-bond acceptors (Lipinski definition) is 4. The number of piperazine rings is 1. The highest BCUT2D eigenvalue weighted by molar-refractivity contribution is 5.97. The molecule has 0 bridgehead atoms. The zero-order chi connectivity index (χ0) is 16.4. The van der Waals surface area contributed by atoms with Gasteiger partial charge in [0.1, 0.15) is 11.3 Å². The maximum atomic E-state index is 5.57. The second kappa shape index (κ2) is 7.72. The number of ether oxygens (including phenoxy) is 1. The Morgan fingerprint density at radius 3 is 2.48 bits per heavy atom. The fourth-order valence-electron chi connectivity index (χ4n) is 3.29. The van der Waals surface area contributed by atoms with Crippen LogP contribution in [0.1, 0.15) is 0 Å². The summed E-state index contributed by atoms with van der Waals surface area (Å²) in [6, 6.07) is 18.7. The topological polar surface area (TPSA) is 37.4 Å². The molecule has 1 N–H and O–H groups in total. The molecule has 1 aromatic heterocycles. The van der Waals surface area contributed by atoms with Crippen LogP contribution in [0.3, 0.4) is 0 Å². The van der Waals surface area contributed by atoms with Crippen molar-refractivity contribution < 1.29 is 4.74 Å². The molecule has 1 aliphatic rings. The van der Waals surface area contributed by atoms with Crippen molar-refractivity contribution >= 4 is 29.0 Å². The van der Waals surface area contributed by atoms with E-state index in [0.717, 1.165) is 54.1 Å². The fraction of sp³-hybridized carbons (Fsp3) is 0.250. The first-order chi connectivity index (χ1) is 11.9. The molecular formula is C20H22ClN3O. The van der Waals surface area contributed by atoms with Gasteiger partial charge >= 0.3 is 0 Å². The molecule has 2 aromatic carbocycles. The van der Waals surface area contributed by atoms with Crippen molar-refractivity contribution in [1.82, 2.24) is 10.3 Å². The van der Waals surface area contributed by atoms with Crippen molar-refractivity contribution in [2.75, 3.05) is 38.2 Å². The number of benzene rings is 2. The van der Waals surface area contributed by atoms with Crippen LogP contribution in [0, 0.1) is 0 Å². The average molecular weight is 356 g/mol. The molecule has 1 saturated heterocycles. The summed E-state index contributed by atoms with van der Waals surface area (Å²) in [5.74, 6) is 0.821. The predicted octanol–water partition coefficient (Wildman–Crippen LogP) is 3.74. The number of rotatable bonds is 3. The van der Waals surface area contributed by atoms with Gasteiger partial charge in [-0.3, -0.25) is 0 Å². The van der Waals surface area contributed by atoms with Gasteiger partial charge in [0.25, 0.3) is 0 Å². The lowest BCUT2D eigenvalue weighted by Gasteiger charge is -2.30. The first-order valence-corrected chi connectivity index (χ1v) is 8.35. The van der Waals surface area contributed by atoms with Gasteiger partial charge in [0.05, 0.1) is 12.8 Å². The van der Waals surface area contributed by atoms with Crippen molar-refractivity contribution in [1.29, 1.82) is 0 Å². The molecule has 3 aromatic rings. The number of anilines is 1. The highest BCUT2D eigenvalue weighted by Gasteiger charge is 2.17. The predicted molar refractivity (Wildman–Crippen MR) is 106 cm³/mol. The van der Waals surface area contributed by atoms with Gasteiger partial charge in [0.15, 0.2) is 0 Å². The van der Waals surface area contributed by atoms with E-state index < -0.39 is 0 Å². The van der Waals surface area contributed by atoms with E-state index in [0.29, 0.717) is 0 Å². The van der Waals surface area contributed by atoms with E-state index >= 15 is 0 Å². The number of aromatic nitrogens is 1. The van der Waals surface area contributed by atoms with Crippen LogP contribution in [0.4, 0.5) is 5.69 Å². The second-order valence-corrected chi connectivity index (χ2v) is 5.99. The number of nitrogens with zero attached hydrogens (tertiary/aromatic N) is 2. The summed E-state index contributed by atoms with van der Waals surface area (Å²) in [4.78, 5) is 7.34. The van der Waals surface area contributed by atoms with E-state index in [1.807, 2.05) is 30.3 Å². The Morgan fingerprint density at radius 2 is 1.76 bits per heavy atom.